The van der Waals surface area contributed by atoms with Gasteiger partial charge in [0.1, 0.15) is 12.5 Å². The number of carbonyl (C=O) groups is 2. The number of alkyl halides is 1. The molecule has 8 heteroatoms. The molecule has 1 aromatic carbocycles. The number of aryl methyl sites for hydroxylation is 1. The summed E-state index contributed by atoms with van der Waals surface area (Å²) in [6, 6.07) is 7.60. The molecular formula is C19H20ClN3O4. The molecule has 0 saturated heterocycles. The Labute approximate surface area is 161 Å². The summed E-state index contributed by atoms with van der Waals surface area (Å²) >= 11 is 5.42. The van der Waals surface area contributed by atoms with Crippen LogP contribution in [0.25, 0.3) is 22.0 Å². The molecule has 142 valence electrons. The molecule has 0 unspecified atom stereocenters. The van der Waals surface area contributed by atoms with Crippen molar-refractivity contribution < 1.29 is 18.7 Å². The van der Waals surface area contributed by atoms with Crippen LogP contribution >= 0.6 is 11.6 Å². The molecule has 2 heterocycles. The largest absolute Gasteiger partial charge is 0.472 e. The Bertz CT molecular complexity index is 976. The number of hydrogen-bond donors (Lipinski definition) is 1. The van der Waals surface area contributed by atoms with Crippen LogP contribution in [0.15, 0.2) is 41.2 Å². The average Bonchev–Trinajstić information content (AvgIpc) is 3.27. The van der Waals surface area contributed by atoms with Crippen LogP contribution in [-0.4, -0.2) is 39.7 Å². The van der Waals surface area contributed by atoms with E-state index in [-0.39, 0.29) is 18.4 Å². The summed E-state index contributed by atoms with van der Waals surface area (Å²) in [5.74, 6) is -1.11. The molecule has 0 aliphatic rings. The predicted octanol–water partition coefficient (Wildman–Crippen LogP) is 3.12. The number of aromatic nitrogens is 2. The molecule has 0 fully saturated rings. The number of carbonyl (C=O) groups excluding carboxylic acids is 2. The number of halogens is 1. The van der Waals surface area contributed by atoms with Crippen LogP contribution in [0.1, 0.15) is 24.3 Å². The van der Waals surface area contributed by atoms with Crippen LogP contribution in [0.4, 0.5) is 0 Å². The Morgan fingerprint density at radius 1 is 1.30 bits per heavy atom. The third-order valence-electron chi connectivity index (χ3n) is 4.08. The molecule has 7 nitrogen and oxygen atoms in total. The van der Waals surface area contributed by atoms with Crippen molar-refractivity contribution in [3.8, 4) is 11.1 Å². The van der Waals surface area contributed by atoms with Gasteiger partial charge < -0.3 is 14.5 Å². The third-order valence-corrected chi connectivity index (χ3v) is 4.29. The zero-order chi connectivity index (χ0) is 19.6. The normalized spacial score (nSPS) is 11.6. The second-order valence-corrected chi connectivity index (χ2v) is 7.12. The summed E-state index contributed by atoms with van der Waals surface area (Å²) in [6.07, 6.45) is 3.27. The quantitative estimate of drug-likeness (QED) is 0.517. The highest BCUT2D eigenvalue weighted by molar-refractivity contribution is 6.26. The summed E-state index contributed by atoms with van der Waals surface area (Å²) in [7, 11) is 1.78. The van der Waals surface area contributed by atoms with Gasteiger partial charge in [-0.15, -0.1) is 11.6 Å². The maximum atomic E-state index is 12.7. The minimum Gasteiger partial charge on any atom is -0.472 e. The molecular weight excluding hydrogens is 370 g/mol. The van der Waals surface area contributed by atoms with Crippen LogP contribution in [0.3, 0.4) is 0 Å². The first kappa shape index (κ1) is 19.0. The average molecular weight is 390 g/mol. The van der Waals surface area contributed by atoms with Gasteiger partial charge in [-0.1, -0.05) is 6.07 Å². The maximum Gasteiger partial charge on any atom is 0.320 e. The van der Waals surface area contributed by atoms with E-state index in [2.05, 4.69) is 10.4 Å². The second kappa shape index (κ2) is 7.44. The van der Waals surface area contributed by atoms with Crippen LogP contribution in [0.5, 0.6) is 0 Å². The number of esters is 1. The van der Waals surface area contributed by atoms with Crippen molar-refractivity contribution in [3.63, 3.8) is 0 Å². The summed E-state index contributed by atoms with van der Waals surface area (Å²) in [5.41, 5.74) is 2.29. The van der Waals surface area contributed by atoms with Crippen LogP contribution in [0.2, 0.25) is 0 Å². The van der Waals surface area contributed by atoms with Crippen molar-refractivity contribution in [2.24, 2.45) is 7.05 Å². The van der Waals surface area contributed by atoms with Crippen molar-refractivity contribution >= 4 is 34.4 Å². The summed E-state index contributed by atoms with van der Waals surface area (Å²) < 4.78 is 11.8. The van der Waals surface area contributed by atoms with E-state index in [1.165, 1.54) is 0 Å². The number of benzene rings is 1. The minimum atomic E-state index is -0.765. The minimum absolute atomic E-state index is 0.0136. The van der Waals surface area contributed by atoms with E-state index in [1.807, 2.05) is 24.3 Å². The van der Waals surface area contributed by atoms with Crippen molar-refractivity contribution in [1.82, 2.24) is 15.1 Å². The van der Waals surface area contributed by atoms with Crippen molar-refractivity contribution in [2.75, 3.05) is 12.5 Å². The van der Waals surface area contributed by atoms with E-state index < -0.39 is 11.5 Å². The van der Waals surface area contributed by atoms with Gasteiger partial charge in [-0.25, -0.2) is 0 Å². The first-order chi connectivity index (χ1) is 12.8. The van der Waals surface area contributed by atoms with Crippen molar-refractivity contribution in [1.29, 1.82) is 0 Å². The lowest BCUT2D eigenvalue weighted by Gasteiger charge is -2.25. The molecule has 3 aromatic rings. The van der Waals surface area contributed by atoms with Gasteiger partial charge in [0.25, 0.3) is 5.91 Å². The molecule has 1 amide bonds. The zero-order valence-electron chi connectivity index (χ0n) is 15.3. The highest BCUT2D eigenvalue weighted by Gasteiger charge is 2.26. The number of ether oxygens (including phenoxy) is 1. The van der Waals surface area contributed by atoms with Gasteiger partial charge >= 0.3 is 5.97 Å². The first-order valence-electron chi connectivity index (χ1n) is 8.34. The maximum absolute atomic E-state index is 12.7. The molecule has 2 aromatic heterocycles. The molecule has 0 bridgehead atoms. The van der Waals surface area contributed by atoms with Gasteiger partial charge in [0, 0.05) is 18.0 Å². The lowest BCUT2D eigenvalue weighted by atomic mass is 10.0. The molecule has 27 heavy (non-hydrogen) atoms. The Morgan fingerprint density at radius 2 is 2.07 bits per heavy atom. The van der Waals surface area contributed by atoms with E-state index in [9.17, 15) is 9.59 Å². The van der Waals surface area contributed by atoms with Gasteiger partial charge in [-0.2, -0.15) is 5.10 Å². The van der Waals surface area contributed by atoms with Crippen LogP contribution in [0, 0.1) is 0 Å². The molecule has 0 atom stereocenters. The van der Waals surface area contributed by atoms with E-state index in [0.717, 1.165) is 22.0 Å². The molecule has 0 spiro atoms. The lowest BCUT2D eigenvalue weighted by molar-refractivity contribution is -0.142. The Morgan fingerprint density at radius 3 is 2.74 bits per heavy atom. The molecule has 3 rings (SSSR count). The first-order valence-corrected chi connectivity index (χ1v) is 8.87. The molecule has 0 radical (unpaired) electrons. The van der Waals surface area contributed by atoms with Gasteiger partial charge in [-0.05, 0) is 37.6 Å². The van der Waals surface area contributed by atoms with E-state index >= 15 is 0 Å². The van der Waals surface area contributed by atoms with Crippen LogP contribution < -0.4 is 5.32 Å². The second-order valence-electron chi connectivity index (χ2n) is 6.85. The SMILES string of the molecule is Cn1nc(C(=O)NC(C)(C)COC(=O)CCl)c2ccc(-c3ccoc3)cc21. The fourth-order valence-electron chi connectivity index (χ4n) is 2.74. The fraction of sp³-hybridized carbons (Fsp3) is 0.316. The van der Waals surface area contributed by atoms with Crippen molar-refractivity contribution in [2.45, 2.75) is 19.4 Å². The van der Waals surface area contributed by atoms with Gasteiger partial charge in [0.15, 0.2) is 5.69 Å². The summed E-state index contributed by atoms with van der Waals surface area (Å²) in [5, 5.41) is 7.94. The molecule has 1 N–H and O–H groups in total. The molecule has 0 aliphatic carbocycles. The number of nitrogens with one attached hydrogen (secondary N) is 1. The lowest BCUT2D eigenvalue weighted by Crippen LogP contribution is -2.47. The number of nitrogens with zero attached hydrogens (tertiary/aromatic N) is 2. The topological polar surface area (TPSA) is 86.4 Å². The number of fused-ring (bicyclic) bond motifs is 1. The summed E-state index contributed by atoms with van der Waals surface area (Å²) in [6.45, 7) is 3.53. The predicted molar refractivity (Wildman–Crippen MR) is 102 cm³/mol. The van der Waals surface area contributed by atoms with Gasteiger partial charge in [0.2, 0.25) is 0 Å². The standard InChI is InChI=1S/C19H20ClN3O4/c1-19(2,11-27-16(24)9-20)21-18(25)17-14-5-4-12(13-6-7-26-10-13)8-15(14)23(3)22-17/h4-8,10H,9,11H2,1-3H3,(H,21,25). The van der Waals surface area contributed by atoms with Crippen LogP contribution in [-0.2, 0) is 16.6 Å². The number of furan rings is 1. The molecule has 0 saturated carbocycles. The number of rotatable bonds is 6. The highest BCUT2D eigenvalue weighted by atomic mass is 35.5. The van der Waals surface area contributed by atoms with Crippen molar-refractivity contribution in [3.05, 3.63) is 42.5 Å². The zero-order valence-corrected chi connectivity index (χ0v) is 16.0. The van der Waals surface area contributed by atoms with E-state index in [4.69, 9.17) is 20.8 Å². The molecule has 0 aliphatic heterocycles. The third kappa shape index (κ3) is 4.14. The Hall–Kier alpha value is -2.80. The van der Waals surface area contributed by atoms with E-state index in [1.54, 1.807) is 38.1 Å². The number of hydrogen-bond acceptors (Lipinski definition) is 5. The monoisotopic (exact) mass is 389 g/mol. The highest BCUT2D eigenvalue weighted by Crippen LogP contribution is 2.26. The van der Waals surface area contributed by atoms with E-state index in [0.29, 0.717) is 5.69 Å². The van der Waals surface area contributed by atoms with Gasteiger partial charge in [-0.3, -0.25) is 14.3 Å². The summed E-state index contributed by atoms with van der Waals surface area (Å²) in [4.78, 5) is 24.0. The fourth-order valence-corrected chi connectivity index (χ4v) is 2.81. The Balaban J connectivity index is 1.84. The smallest absolute Gasteiger partial charge is 0.320 e. The number of amides is 1. The van der Waals surface area contributed by atoms with Gasteiger partial charge in [0.05, 0.1) is 23.6 Å². The Kier molecular flexibility index (Phi) is 5.23.